The highest BCUT2D eigenvalue weighted by atomic mass is 32.2. The van der Waals surface area contributed by atoms with E-state index in [2.05, 4.69) is 5.32 Å². The van der Waals surface area contributed by atoms with Gasteiger partial charge in [-0.25, -0.2) is 0 Å². The predicted octanol–water partition coefficient (Wildman–Crippen LogP) is 4.02. The monoisotopic (exact) mass is 428 g/mol. The number of carbonyl (C=O) groups is 2. The minimum atomic E-state index is -0.163. The third-order valence-corrected chi connectivity index (χ3v) is 5.60. The van der Waals surface area contributed by atoms with Gasteiger partial charge < -0.3 is 15.2 Å². The lowest BCUT2D eigenvalue weighted by atomic mass is 10.2. The Morgan fingerprint density at radius 3 is 2.55 bits per heavy atom. The zero-order valence-electron chi connectivity index (χ0n) is 15.8. The van der Waals surface area contributed by atoms with E-state index >= 15 is 0 Å². The first kappa shape index (κ1) is 20.9. The molecule has 1 aliphatic rings. The van der Waals surface area contributed by atoms with Crippen molar-refractivity contribution in [1.29, 1.82) is 0 Å². The summed E-state index contributed by atoms with van der Waals surface area (Å²) in [7, 11) is 1.58. The number of ether oxygens (including phenoxy) is 1. The smallest absolute Gasteiger partial charge is 0.266 e. The first-order valence-corrected chi connectivity index (χ1v) is 10.2. The zero-order chi connectivity index (χ0) is 20.8. The summed E-state index contributed by atoms with van der Waals surface area (Å²) < 4.78 is 5.57. The SMILES string of the molecule is COc1ccc(NC(=O)CCCN2C(=O)/C(=C/c3ccc(O)cc3)SC2=S)cc1. The topological polar surface area (TPSA) is 78.9 Å². The highest BCUT2D eigenvalue weighted by molar-refractivity contribution is 8.26. The number of benzene rings is 2. The summed E-state index contributed by atoms with van der Waals surface area (Å²) in [6.07, 6.45) is 2.52. The summed E-state index contributed by atoms with van der Waals surface area (Å²) in [5, 5.41) is 12.2. The molecule has 0 unspecified atom stereocenters. The Balaban J connectivity index is 1.51. The molecule has 1 heterocycles. The summed E-state index contributed by atoms with van der Waals surface area (Å²) in [6, 6.07) is 13.7. The van der Waals surface area contributed by atoms with E-state index in [0.29, 0.717) is 27.9 Å². The minimum absolute atomic E-state index is 0.125. The number of phenols is 1. The minimum Gasteiger partial charge on any atom is -0.508 e. The third-order valence-electron chi connectivity index (χ3n) is 4.22. The number of anilines is 1. The highest BCUT2D eigenvalue weighted by Gasteiger charge is 2.31. The largest absolute Gasteiger partial charge is 0.508 e. The van der Waals surface area contributed by atoms with E-state index in [1.165, 1.54) is 16.7 Å². The second kappa shape index (κ2) is 9.58. The number of carbonyl (C=O) groups excluding carboxylic acids is 2. The van der Waals surface area contributed by atoms with Crippen LogP contribution in [0.25, 0.3) is 6.08 Å². The van der Waals surface area contributed by atoms with Crippen LogP contribution in [0.4, 0.5) is 5.69 Å². The fourth-order valence-electron chi connectivity index (χ4n) is 2.71. The van der Waals surface area contributed by atoms with Crippen LogP contribution in [-0.2, 0) is 9.59 Å². The average Bonchev–Trinajstić information content (AvgIpc) is 2.97. The van der Waals surface area contributed by atoms with Crippen LogP contribution in [0.15, 0.2) is 53.4 Å². The summed E-state index contributed by atoms with van der Waals surface area (Å²) in [5.41, 5.74) is 1.50. The molecule has 0 spiro atoms. The molecule has 1 saturated heterocycles. The van der Waals surface area contributed by atoms with E-state index in [0.717, 1.165) is 11.3 Å². The zero-order valence-corrected chi connectivity index (χ0v) is 17.4. The lowest BCUT2D eigenvalue weighted by Crippen LogP contribution is -2.29. The molecule has 0 bridgehead atoms. The van der Waals surface area contributed by atoms with Crippen LogP contribution in [0.5, 0.6) is 11.5 Å². The molecule has 1 fully saturated rings. The van der Waals surface area contributed by atoms with Crippen molar-refractivity contribution >= 4 is 51.9 Å². The van der Waals surface area contributed by atoms with Gasteiger partial charge >= 0.3 is 0 Å². The van der Waals surface area contributed by atoms with E-state index in [1.54, 1.807) is 61.7 Å². The Kier molecular flexibility index (Phi) is 6.90. The Morgan fingerprint density at radius 1 is 1.21 bits per heavy atom. The first-order chi connectivity index (χ1) is 14.0. The van der Waals surface area contributed by atoms with Crippen LogP contribution in [-0.4, -0.2) is 39.8 Å². The molecular formula is C21H20N2O4S2. The number of amides is 2. The van der Waals surface area contributed by atoms with E-state index in [-0.39, 0.29) is 24.0 Å². The molecular weight excluding hydrogens is 408 g/mol. The fourth-order valence-corrected chi connectivity index (χ4v) is 4.02. The van der Waals surface area contributed by atoms with Gasteiger partial charge in [-0.3, -0.25) is 14.5 Å². The van der Waals surface area contributed by atoms with E-state index in [1.807, 2.05) is 0 Å². The number of hydrogen-bond donors (Lipinski definition) is 2. The maximum absolute atomic E-state index is 12.6. The van der Waals surface area contributed by atoms with Gasteiger partial charge in [0.1, 0.15) is 15.8 Å². The summed E-state index contributed by atoms with van der Waals surface area (Å²) in [4.78, 5) is 26.8. The van der Waals surface area contributed by atoms with Gasteiger partial charge in [0.15, 0.2) is 0 Å². The molecule has 2 amide bonds. The van der Waals surface area contributed by atoms with Gasteiger partial charge in [-0.15, -0.1) is 0 Å². The molecule has 2 N–H and O–H groups in total. The standard InChI is InChI=1S/C21H20N2O4S2/c1-27-17-10-6-15(7-11-17)22-19(25)3-2-12-23-20(26)18(29-21(23)28)13-14-4-8-16(24)9-5-14/h4-11,13,24H,2-3,12H2,1H3,(H,22,25)/b18-13-. The number of aromatic hydroxyl groups is 1. The fraction of sp³-hybridized carbons (Fsp3) is 0.190. The molecule has 3 rings (SSSR count). The Morgan fingerprint density at radius 2 is 1.90 bits per heavy atom. The summed E-state index contributed by atoms with van der Waals surface area (Å²) in [6.45, 7) is 0.383. The molecule has 0 aliphatic carbocycles. The molecule has 6 nitrogen and oxygen atoms in total. The Labute approximate surface area is 178 Å². The Hall–Kier alpha value is -2.84. The van der Waals surface area contributed by atoms with E-state index in [9.17, 15) is 14.7 Å². The lowest BCUT2D eigenvalue weighted by molar-refractivity contribution is -0.122. The second-order valence-electron chi connectivity index (χ2n) is 6.31. The lowest BCUT2D eigenvalue weighted by Gasteiger charge is -2.14. The maximum atomic E-state index is 12.6. The van der Waals surface area contributed by atoms with Crippen molar-refractivity contribution in [1.82, 2.24) is 4.90 Å². The van der Waals surface area contributed by atoms with Gasteiger partial charge in [-0.1, -0.05) is 36.1 Å². The second-order valence-corrected chi connectivity index (χ2v) is 7.98. The number of hydrogen-bond acceptors (Lipinski definition) is 6. The van der Waals surface area contributed by atoms with Gasteiger partial charge in [0, 0.05) is 18.7 Å². The van der Waals surface area contributed by atoms with Crippen molar-refractivity contribution in [2.45, 2.75) is 12.8 Å². The van der Waals surface area contributed by atoms with Gasteiger partial charge in [0.25, 0.3) is 5.91 Å². The first-order valence-electron chi connectivity index (χ1n) is 8.94. The van der Waals surface area contributed by atoms with Crippen LogP contribution >= 0.6 is 24.0 Å². The molecule has 0 saturated carbocycles. The molecule has 0 atom stereocenters. The number of methoxy groups -OCH3 is 1. The average molecular weight is 429 g/mol. The van der Waals surface area contributed by atoms with Crippen molar-refractivity contribution in [2.75, 3.05) is 19.0 Å². The maximum Gasteiger partial charge on any atom is 0.266 e. The molecule has 150 valence electrons. The number of nitrogens with one attached hydrogen (secondary N) is 1. The van der Waals surface area contributed by atoms with Gasteiger partial charge in [0.2, 0.25) is 5.91 Å². The summed E-state index contributed by atoms with van der Waals surface area (Å²) in [5.74, 6) is 0.601. The number of thioether (sulfide) groups is 1. The third kappa shape index (κ3) is 5.58. The van der Waals surface area contributed by atoms with Gasteiger partial charge in [0.05, 0.1) is 12.0 Å². The number of phenolic OH excluding ortho intramolecular Hbond substituents is 1. The molecule has 29 heavy (non-hydrogen) atoms. The molecule has 0 aromatic heterocycles. The van der Waals surface area contributed by atoms with Crippen molar-refractivity contribution in [3.8, 4) is 11.5 Å². The van der Waals surface area contributed by atoms with E-state index < -0.39 is 0 Å². The van der Waals surface area contributed by atoms with Crippen molar-refractivity contribution in [3.05, 3.63) is 59.0 Å². The van der Waals surface area contributed by atoms with Crippen LogP contribution in [0.2, 0.25) is 0 Å². The number of thiocarbonyl (C=S) groups is 1. The van der Waals surface area contributed by atoms with E-state index in [4.69, 9.17) is 17.0 Å². The van der Waals surface area contributed by atoms with Crippen LogP contribution in [0.3, 0.4) is 0 Å². The highest BCUT2D eigenvalue weighted by Crippen LogP contribution is 2.33. The summed E-state index contributed by atoms with van der Waals surface area (Å²) >= 11 is 6.55. The molecule has 0 radical (unpaired) electrons. The number of rotatable bonds is 7. The normalized spacial score (nSPS) is 15.1. The molecule has 2 aromatic carbocycles. The molecule has 2 aromatic rings. The van der Waals surface area contributed by atoms with Crippen molar-refractivity contribution in [3.63, 3.8) is 0 Å². The van der Waals surface area contributed by atoms with Gasteiger partial charge in [-0.2, -0.15) is 0 Å². The molecule has 8 heteroatoms. The Bertz CT molecular complexity index is 940. The van der Waals surface area contributed by atoms with Crippen LogP contribution in [0, 0.1) is 0 Å². The van der Waals surface area contributed by atoms with Gasteiger partial charge in [-0.05, 0) is 54.5 Å². The number of nitrogens with zero attached hydrogens (tertiary/aromatic N) is 1. The molecule has 1 aliphatic heterocycles. The predicted molar refractivity (Wildman–Crippen MR) is 119 cm³/mol. The van der Waals surface area contributed by atoms with Crippen LogP contribution in [0.1, 0.15) is 18.4 Å². The van der Waals surface area contributed by atoms with Crippen molar-refractivity contribution in [2.24, 2.45) is 0 Å². The van der Waals surface area contributed by atoms with Crippen molar-refractivity contribution < 1.29 is 19.4 Å². The van der Waals surface area contributed by atoms with Crippen LogP contribution < -0.4 is 10.1 Å². The quantitative estimate of drug-likeness (QED) is 0.512.